The monoisotopic (exact) mass is 781 g/mol. The lowest BCUT2D eigenvalue weighted by Gasteiger charge is -2.40. The van der Waals surface area contributed by atoms with Crippen LogP contribution in [0.4, 0.5) is 17.1 Å². The fourth-order valence-corrected chi connectivity index (χ4v) is 11.1. The van der Waals surface area contributed by atoms with Gasteiger partial charge in [-0.1, -0.05) is 153 Å². The van der Waals surface area contributed by atoms with Gasteiger partial charge in [0.15, 0.2) is 0 Å². The molecule has 0 amide bonds. The summed E-state index contributed by atoms with van der Waals surface area (Å²) in [6.07, 6.45) is 0. The van der Waals surface area contributed by atoms with Gasteiger partial charge < -0.3 is 14.1 Å². The van der Waals surface area contributed by atoms with Crippen LogP contribution in [0.3, 0.4) is 0 Å². The van der Waals surface area contributed by atoms with Gasteiger partial charge in [0.2, 0.25) is 0 Å². The maximum Gasteiger partial charge on any atom is 0.136 e. The number of fused-ring (bicyclic) bond motifs is 15. The fraction of sp³-hybridized carbons (Fsp3) is 0.0690. The van der Waals surface area contributed by atoms with Crippen LogP contribution in [0.2, 0.25) is 0 Å². The zero-order valence-corrected chi connectivity index (χ0v) is 33.8. The van der Waals surface area contributed by atoms with Crippen molar-refractivity contribution in [3.05, 3.63) is 234 Å². The second kappa shape index (κ2) is 12.5. The van der Waals surface area contributed by atoms with E-state index in [9.17, 15) is 0 Å². The number of para-hydroxylation sites is 2. The maximum atomic E-state index is 6.88. The number of benzene rings is 9. The average Bonchev–Trinajstić information content (AvgIpc) is 3.91. The largest absolute Gasteiger partial charge is 0.457 e. The van der Waals surface area contributed by atoms with Crippen LogP contribution in [0.1, 0.15) is 47.2 Å². The van der Waals surface area contributed by atoms with E-state index in [-0.39, 0.29) is 5.41 Å². The van der Waals surface area contributed by atoms with Crippen molar-refractivity contribution in [3.8, 4) is 44.9 Å². The molecule has 1 spiro atoms. The quantitative estimate of drug-likeness (QED) is 0.178. The Labute approximate surface area is 354 Å². The summed E-state index contributed by atoms with van der Waals surface area (Å²) in [5, 5.41) is 2.25. The minimum atomic E-state index is -0.583. The van der Waals surface area contributed by atoms with Crippen molar-refractivity contribution in [2.24, 2.45) is 0 Å². The van der Waals surface area contributed by atoms with Crippen molar-refractivity contribution in [1.29, 1.82) is 0 Å². The van der Waals surface area contributed by atoms with E-state index < -0.39 is 5.41 Å². The van der Waals surface area contributed by atoms with Crippen molar-refractivity contribution in [3.63, 3.8) is 0 Å². The van der Waals surface area contributed by atoms with Crippen LogP contribution in [-0.4, -0.2) is 0 Å². The van der Waals surface area contributed by atoms with Gasteiger partial charge in [0.25, 0.3) is 0 Å². The van der Waals surface area contributed by atoms with Crippen LogP contribution >= 0.6 is 0 Å². The standard InChI is InChI=1S/C58H39NO2/c1-57(2)46-22-7-3-17-41(46)44-31-29-38(34-50(44)57)59(37-16-13-15-36(33-37)40-21-14-28-55-56(40)45-20-6-11-26-52(45)60-55)39-30-32-54-51(35-39)58(49-25-10-12-27-53(49)61-54)47-23-8-4-18-42(47)43-19-5-9-24-48(43)58/h3-35H,1-2H3. The Morgan fingerprint density at radius 1 is 0.377 bits per heavy atom. The molecule has 0 radical (unpaired) electrons. The van der Waals surface area contributed by atoms with Gasteiger partial charge in [0.05, 0.1) is 5.41 Å². The van der Waals surface area contributed by atoms with Crippen molar-refractivity contribution >= 4 is 39.0 Å². The van der Waals surface area contributed by atoms with Crippen molar-refractivity contribution in [2.45, 2.75) is 24.7 Å². The van der Waals surface area contributed by atoms with Crippen LogP contribution in [0.5, 0.6) is 11.5 Å². The Morgan fingerprint density at radius 2 is 0.918 bits per heavy atom. The lowest BCUT2D eigenvalue weighted by Crippen LogP contribution is -2.32. The molecule has 3 aliphatic rings. The average molecular weight is 782 g/mol. The van der Waals surface area contributed by atoms with Crippen LogP contribution < -0.4 is 9.64 Å². The van der Waals surface area contributed by atoms with Crippen LogP contribution in [-0.2, 0) is 10.8 Å². The van der Waals surface area contributed by atoms with E-state index in [0.717, 1.165) is 72.8 Å². The predicted molar refractivity (Wildman–Crippen MR) is 249 cm³/mol. The third-order valence-corrected chi connectivity index (χ3v) is 13.7. The lowest BCUT2D eigenvalue weighted by atomic mass is 9.66. The first-order valence-corrected chi connectivity index (χ1v) is 21.2. The molecule has 3 nitrogen and oxygen atoms in total. The number of hydrogen-bond donors (Lipinski definition) is 0. The van der Waals surface area contributed by atoms with E-state index in [2.05, 4.69) is 213 Å². The minimum Gasteiger partial charge on any atom is -0.457 e. The zero-order chi connectivity index (χ0) is 40.5. The third kappa shape index (κ3) is 4.63. The maximum absolute atomic E-state index is 6.88. The number of hydrogen-bond acceptors (Lipinski definition) is 3. The molecular formula is C58H39NO2. The highest BCUT2D eigenvalue weighted by molar-refractivity contribution is 6.12. The van der Waals surface area contributed by atoms with E-state index in [1.165, 1.54) is 44.5 Å². The summed E-state index contributed by atoms with van der Waals surface area (Å²) in [5.74, 6) is 1.76. The van der Waals surface area contributed by atoms with Gasteiger partial charge in [-0.05, 0) is 116 Å². The van der Waals surface area contributed by atoms with E-state index in [0.29, 0.717) is 0 Å². The smallest absolute Gasteiger partial charge is 0.136 e. The summed E-state index contributed by atoms with van der Waals surface area (Å²) in [4.78, 5) is 2.44. The summed E-state index contributed by atoms with van der Waals surface area (Å²) in [7, 11) is 0. The molecule has 3 heteroatoms. The number of nitrogens with zero attached hydrogens (tertiary/aromatic N) is 1. The summed E-state index contributed by atoms with van der Waals surface area (Å²) in [5.41, 5.74) is 19.2. The second-order valence-electron chi connectivity index (χ2n) is 17.2. The van der Waals surface area contributed by atoms with Gasteiger partial charge in [-0.3, -0.25) is 0 Å². The Morgan fingerprint density at radius 3 is 1.70 bits per heavy atom. The molecule has 2 aliphatic carbocycles. The Kier molecular flexibility index (Phi) is 6.99. The first kappa shape index (κ1) is 34.3. The molecule has 0 saturated heterocycles. The van der Waals surface area contributed by atoms with E-state index in [1.54, 1.807) is 0 Å². The first-order chi connectivity index (χ1) is 30.0. The molecule has 13 rings (SSSR count). The van der Waals surface area contributed by atoms with E-state index in [1.807, 2.05) is 6.07 Å². The van der Waals surface area contributed by atoms with Crippen molar-refractivity contribution in [2.75, 3.05) is 4.90 Å². The molecule has 10 aromatic rings. The van der Waals surface area contributed by atoms with Gasteiger partial charge in [-0.15, -0.1) is 0 Å². The van der Waals surface area contributed by atoms with Crippen molar-refractivity contribution < 1.29 is 9.15 Å². The third-order valence-electron chi connectivity index (χ3n) is 13.7. The van der Waals surface area contributed by atoms with E-state index in [4.69, 9.17) is 9.15 Å². The highest BCUT2D eigenvalue weighted by Crippen LogP contribution is 2.63. The SMILES string of the molecule is CC1(C)c2ccccc2-c2ccc(N(c3cccc(-c4cccc5oc6ccccc6c45)c3)c3ccc4c(c3)C3(c5ccccc5O4)c4ccccc4-c4ccccc43)cc21. The molecule has 0 N–H and O–H groups in total. The molecule has 9 aromatic carbocycles. The minimum absolute atomic E-state index is 0.165. The number of furan rings is 1. The predicted octanol–water partition coefficient (Wildman–Crippen LogP) is 15.5. The summed E-state index contributed by atoms with van der Waals surface area (Å²) < 4.78 is 13.3. The van der Waals surface area contributed by atoms with Gasteiger partial charge in [0, 0.05) is 44.4 Å². The van der Waals surface area contributed by atoms with Crippen molar-refractivity contribution in [1.82, 2.24) is 0 Å². The first-order valence-electron chi connectivity index (χ1n) is 21.2. The van der Waals surface area contributed by atoms with Crippen LogP contribution in [0.25, 0.3) is 55.3 Å². The van der Waals surface area contributed by atoms with E-state index >= 15 is 0 Å². The molecule has 0 bridgehead atoms. The molecule has 1 aromatic heterocycles. The molecule has 2 heterocycles. The highest BCUT2D eigenvalue weighted by atomic mass is 16.5. The van der Waals surface area contributed by atoms with Crippen LogP contribution in [0.15, 0.2) is 205 Å². The summed E-state index contributed by atoms with van der Waals surface area (Å²) >= 11 is 0. The highest BCUT2D eigenvalue weighted by Gasteiger charge is 2.51. The lowest BCUT2D eigenvalue weighted by molar-refractivity contribution is 0.436. The normalized spacial score (nSPS) is 14.5. The second-order valence-corrected chi connectivity index (χ2v) is 17.2. The molecule has 61 heavy (non-hydrogen) atoms. The molecule has 1 aliphatic heterocycles. The molecular weight excluding hydrogens is 743 g/mol. The summed E-state index contributed by atoms with van der Waals surface area (Å²) in [6.45, 7) is 4.71. The molecule has 0 fully saturated rings. The van der Waals surface area contributed by atoms with Gasteiger partial charge >= 0.3 is 0 Å². The van der Waals surface area contributed by atoms with Gasteiger partial charge in [0.1, 0.15) is 22.7 Å². The Hall–Kier alpha value is -7.62. The number of anilines is 3. The summed E-state index contributed by atoms with van der Waals surface area (Å²) in [6, 6.07) is 72.9. The zero-order valence-electron chi connectivity index (χ0n) is 33.8. The molecule has 0 unspecified atom stereocenters. The topological polar surface area (TPSA) is 25.6 Å². The Balaban J connectivity index is 1.07. The fourth-order valence-electron chi connectivity index (χ4n) is 11.1. The van der Waals surface area contributed by atoms with Crippen LogP contribution in [0, 0.1) is 0 Å². The number of ether oxygens (including phenoxy) is 1. The van der Waals surface area contributed by atoms with Gasteiger partial charge in [-0.2, -0.15) is 0 Å². The Bertz CT molecular complexity index is 3410. The molecule has 0 atom stereocenters. The molecule has 0 saturated carbocycles. The molecule has 288 valence electrons. The number of rotatable bonds is 4. The van der Waals surface area contributed by atoms with Gasteiger partial charge in [-0.25, -0.2) is 0 Å².